The van der Waals surface area contributed by atoms with Gasteiger partial charge in [0, 0.05) is 26.2 Å². The topological polar surface area (TPSA) is 130 Å². The Balaban J connectivity index is 0.00000123. The van der Waals surface area contributed by atoms with Crippen LogP contribution in [0.25, 0.3) is 0 Å². The number of carbonyl (C=O) groups excluding carboxylic acids is 2. The summed E-state index contributed by atoms with van der Waals surface area (Å²) < 4.78 is 5.28. The second-order valence-electron chi connectivity index (χ2n) is 5.58. The molecule has 2 N–H and O–H groups in total. The quantitative estimate of drug-likeness (QED) is 0.517. The predicted octanol–water partition coefficient (Wildman–Crippen LogP) is -2.87. The summed E-state index contributed by atoms with van der Waals surface area (Å²) in [6.45, 7) is 3.41. The van der Waals surface area contributed by atoms with Gasteiger partial charge in [-0.05, 0) is 18.9 Å². The van der Waals surface area contributed by atoms with E-state index in [1.54, 1.807) is 11.8 Å². The molecule has 2 rings (SSSR count). The smallest absolute Gasteiger partial charge is 0.565 e. The zero-order chi connectivity index (χ0) is 19.5. The first-order valence-corrected chi connectivity index (χ1v) is 8.13. The molecule has 0 bridgehead atoms. The summed E-state index contributed by atoms with van der Waals surface area (Å²) in [7, 11) is 0. The fourth-order valence-corrected chi connectivity index (χ4v) is 2.47. The van der Waals surface area contributed by atoms with Crippen LogP contribution in [0.4, 0.5) is 9.59 Å². The van der Waals surface area contributed by atoms with Crippen molar-refractivity contribution in [3.8, 4) is 0 Å². The molecule has 1 heterocycles. The van der Waals surface area contributed by atoms with Crippen LogP contribution in [0.2, 0.25) is 0 Å². The molecule has 2 amide bonds. The van der Waals surface area contributed by atoms with Gasteiger partial charge in [-0.15, -0.1) is 0 Å². The summed E-state index contributed by atoms with van der Waals surface area (Å²) >= 11 is 0. The van der Waals surface area contributed by atoms with Crippen molar-refractivity contribution in [1.29, 1.82) is 0 Å². The Morgan fingerprint density at radius 3 is 2.41 bits per heavy atom. The van der Waals surface area contributed by atoms with Crippen molar-refractivity contribution in [2.24, 2.45) is 0 Å². The second kappa shape index (κ2) is 13.4. The second-order valence-corrected chi connectivity index (χ2v) is 5.58. The number of hydrogen-bond acceptors (Lipinski definition) is 6. The van der Waals surface area contributed by atoms with Gasteiger partial charge in [-0.3, -0.25) is 9.69 Å². The van der Waals surface area contributed by atoms with E-state index in [1.807, 2.05) is 30.3 Å². The van der Waals surface area contributed by atoms with Gasteiger partial charge < -0.3 is 29.8 Å². The van der Waals surface area contributed by atoms with Crippen molar-refractivity contribution < 1.29 is 64.0 Å². The maximum atomic E-state index is 12.2. The van der Waals surface area contributed by atoms with Crippen molar-refractivity contribution in [3.05, 3.63) is 35.9 Å². The number of nitrogens with zero attached hydrogens (tertiary/aromatic N) is 2. The fraction of sp³-hybridized carbons (Fsp3) is 0.471. The summed E-state index contributed by atoms with van der Waals surface area (Å²) in [5, 5.41) is 24.2. The molecule has 0 spiro atoms. The molecule has 1 atom stereocenters. The molecule has 1 saturated heterocycles. The van der Waals surface area contributed by atoms with Crippen LogP contribution in [0.15, 0.2) is 30.3 Å². The van der Waals surface area contributed by atoms with Gasteiger partial charge in [0.25, 0.3) is 0 Å². The van der Waals surface area contributed by atoms with E-state index in [0.717, 1.165) is 5.56 Å². The van der Waals surface area contributed by atoms with Crippen LogP contribution in [-0.2, 0) is 16.1 Å². The average Bonchev–Trinajstić information content (AvgIpc) is 2.61. The molecule has 9 nitrogen and oxygen atoms in total. The zero-order valence-corrected chi connectivity index (χ0v) is 17.5. The van der Waals surface area contributed by atoms with Crippen molar-refractivity contribution in [3.63, 3.8) is 0 Å². The van der Waals surface area contributed by atoms with E-state index >= 15 is 0 Å². The number of ether oxygens (including phenoxy) is 1. The summed E-state index contributed by atoms with van der Waals surface area (Å²) in [5.41, 5.74) is 0.913. The van der Waals surface area contributed by atoms with E-state index in [0.29, 0.717) is 26.1 Å². The van der Waals surface area contributed by atoms with E-state index in [9.17, 15) is 9.59 Å². The molecule has 10 heteroatoms. The predicted molar refractivity (Wildman–Crippen MR) is 89.1 cm³/mol. The Morgan fingerprint density at radius 2 is 1.85 bits per heavy atom. The van der Waals surface area contributed by atoms with Gasteiger partial charge in [-0.25, -0.2) is 4.79 Å². The largest absolute Gasteiger partial charge is 1.00 e. The van der Waals surface area contributed by atoms with E-state index in [4.69, 9.17) is 24.9 Å². The number of benzene rings is 1. The average molecular weight is 390 g/mol. The van der Waals surface area contributed by atoms with Gasteiger partial charge in [-0.1, -0.05) is 30.3 Å². The molecule has 0 aliphatic carbocycles. The van der Waals surface area contributed by atoms with Gasteiger partial charge >= 0.3 is 35.7 Å². The Labute approximate surface area is 179 Å². The van der Waals surface area contributed by atoms with Gasteiger partial charge in [0.15, 0.2) is 0 Å². The summed E-state index contributed by atoms with van der Waals surface area (Å²) in [5.74, 6) is -0.101. The third kappa shape index (κ3) is 9.09. The summed E-state index contributed by atoms with van der Waals surface area (Å²) in [4.78, 5) is 35.9. The molecule has 1 aliphatic rings. The van der Waals surface area contributed by atoms with Crippen molar-refractivity contribution >= 4 is 18.2 Å². The van der Waals surface area contributed by atoms with Gasteiger partial charge in [0.2, 0.25) is 12.1 Å². The first kappa shape index (κ1) is 25.2. The number of aliphatic hydroxyl groups is 1. The van der Waals surface area contributed by atoms with Crippen LogP contribution >= 0.6 is 0 Å². The van der Waals surface area contributed by atoms with E-state index in [1.165, 1.54) is 4.90 Å². The zero-order valence-electron chi connectivity index (χ0n) is 15.5. The van der Waals surface area contributed by atoms with Crippen molar-refractivity contribution in [2.45, 2.75) is 26.0 Å². The van der Waals surface area contributed by atoms with Gasteiger partial charge in [-0.2, -0.15) is 0 Å². The molecule has 0 unspecified atom stereocenters. The van der Waals surface area contributed by atoms with Gasteiger partial charge in [0.1, 0.15) is 12.6 Å². The molecular formula is C17H23N2NaO7. The number of piperazine rings is 1. The van der Waals surface area contributed by atoms with Crippen LogP contribution in [0.5, 0.6) is 0 Å². The fourth-order valence-electron chi connectivity index (χ4n) is 2.47. The minimum atomic E-state index is -2.08. The standard InChI is InChI=1S/C16H22N2O4.CH2O3.Na/c1-13-15(20)17(8-5-11-19)9-10-18(13)16(21)22-12-14-6-3-2-4-7-14;2-1(3)4;/h2-4,6-7,13,19H,5,8-12H2,1H3;(H2,2,3,4);/q;;+1/p-1/t13-;;/m0../s1. The van der Waals surface area contributed by atoms with Crippen LogP contribution < -0.4 is 34.7 Å². The number of carboxylic acid groups (broad SMARTS) is 2. The molecular weight excluding hydrogens is 367 g/mol. The maximum Gasteiger partial charge on any atom is 1.00 e. The Hall–Kier alpha value is -1.81. The number of hydrogen-bond donors (Lipinski definition) is 2. The van der Waals surface area contributed by atoms with Crippen molar-refractivity contribution in [1.82, 2.24) is 9.80 Å². The summed E-state index contributed by atoms with van der Waals surface area (Å²) in [6, 6.07) is 8.90. The SMILES string of the molecule is C[C@H]1C(=O)N(CCCO)CCN1C(=O)OCc1ccccc1.O=C([O-])O.[Na+]. The van der Waals surface area contributed by atoms with E-state index in [2.05, 4.69) is 0 Å². The number of amides is 2. The third-order valence-corrected chi connectivity index (χ3v) is 3.77. The molecule has 0 aromatic heterocycles. The monoisotopic (exact) mass is 390 g/mol. The maximum absolute atomic E-state index is 12.2. The molecule has 1 aliphatic heterocycles. The molecule has 27 heavy (non-hydrogen) atoms. The Kier molecular flexibility index (Phi) is 12.5. The third-order valence-electron chi connectivity index (χ3n) is 3.77. The normalized spacial score (nSPS) is 15.9. The Bertz CT molecular complexity index is 596. The first-order valence-electron chi connectivity index (χ1n) is 8.13. The minimum absolute atomic E-state index is 0. The number of rotatable bonds is 5. The van der Waals surface area contributed by atoms with Crippen molar-refractivity contribution in [2.75, 3.05) is 26.2 Å². The number of carbonyl (C=O) groups is 3. The van der Waals surface area contributed by atoms with Gasteiger partial charge in [0.05, 0.1) is 0 Å². The molecule has 1 aromatic rings. The summed E-state index contributed by atoms with van der Waals surface area (Å²) in [6.07, 6.45) is -2.00. The van der Waals surface area contributed by atoms with Crippen LogP contribution in [0.1, 0.15) is 18.9 Å². The number of aliphatic hydroxyl groups excluding tert-OH is 1. The molecule has 1 aromatic carbocycles. The molecule has 0 radical (unpaired) electrons. The Morgan fingerprint density at radius 1 is 1.26 bits per heavy atom. The van der Waals surface area contributed by atoms with Crippen LogP contribution in [0, 0.1) is 0 Å². The minimum Gasteiger partial charge on any atom is -0.565 e. The molecule has 1 fully saturated rings. The molecule has 144 valence electrons. The first-order chi connectivity index (χ1) is 12.4. The van der Waals surface area contributed by atoms with E-state index in [-0.39, 0.29) is 48.7 Å². The molecule has 0 saturated carbocycles. The van der Waals surface area contributed by atoms with Crippen LogP contribution in [-0.4, -0.2) is 70.5 Å². The van der Waals surface area contributed by atoms with E-state index < -0.39 is 18.3 Å². The van der Waals surface area contributed by atoms with Crippen LogP contribution in [0.3, 0.4) is 0 Å².